The van der Waals surface area contributed by atoms with Gasteiger partial charge in [-0.2, -0.15) is 4.98 Å². The van der Waals surface area contributed by atoms with E-state index in [-0.39, 0.29) is 17.1 Å². The van der Waals surface area contributed by atoms with Crippen molar-refractivity contribution in [1.29, 1.82) is 0 Å². The molecule has 0 radical (unpaired) electrons. The fourth-order valence-corrected chi connectivity index (χ4v) is 3.85. The zero-order chi connectivity index (χ0) is 28.3. The summed E-state index contributed by atoms with van der Waals surface area (Å²) in [6.07, 6.45) is 0. The molecule has 4 aromatic rings. The Kier molecular flexibility index (Phi) is 7.99. The number of aromatic carboxylic acids is 1. The molecule has 0 spiro atoms. The second-order valence-corrected chi connectivity index (χ2v) is 8.79. The molecule has 1 heterocycles. The number of rotatable bonds is 9. The van der Waals surface area contributed by atoms with Gasteiger partial charge >= 0.3 is 5.97 Å². The van der Waals surface area contributed by atoms with Crippen LogP contribution in [-0.4, -0.2) is 21.8 Å². The first-order valence-electron chi connectivity index (χ1n) is 11.8. The van der Waals surface area contributed by atoms with Crippen LogP contribution in [0.1, 0.15) is 40.0 Å². The highest BCUT2D eigenvalue weighted by atomic mass is 19.1. The van der Waals surface area contributed by atoms with E-state index in [0.29, 0.717) is 12.1 Å². The Morgan fingerprint density at radius 1 is 0.949 bits per heavy atom. The topological polar surface area (TPSA) is 138 Å². The van der Waals surface area contributed by atoms with E-state index in [1.165, 1.54) is 24.3 Å². The van der Waals surface area contributed by atoms with Crippen LogP contribution < -0.4 is 20.9 Å². The van der Waals surface area contributed by atoms with Crippen LogP contribution in [0.4, 0.5) is 8.78 Å². The lowest BCUT2D eigenvalue weighted by atomic mass is 10.0. The van der Waals surface area contributed by atoms with Crippen LogP contribution >= 0.6 is 0 Å². The van der Waals surface area contributed by atoms with Crippen molar-refractivity contribution in [1.82, 2.24) is 4.98 Å². The van der Waals surface area contributed by atoms with Crippen LogP contribution in [0.5, 0.6) is 23.3 Å². The second-order valence-electron chi connectivity index (χ2n) is 8.79. The average molecular weight is 534 g/mol. The van der Waals surface area contributed by atoms with Crippen LogP contribution in [-0.2, 0) is 11.3 Å². The lowest BCUT2D eigenvalue weighted by Gasteiger charge is -2.17. The smallest absolute Gasteiger partial charge is 0.339 e. The standard InChI is InChI=1S/C29H25F2N3O5/c1-15-9-10-21(29(36)37)22(11-15)39-28-25(31)23(26(33)16(2)35)24(30)27(34-28)38-20-8-4-7-19(13-20)18-6-3-5-17(12-18)14-32/h3-13,26H,14,32-33H2,1-2H3,(H,36,37). The van der Waals surface area contributed by atoms with Gasteiger partial charge in [0.15, 0.2) is 17.4 Å². The van der Waals surface area contributed by atoms with Crippen molar-refractivity contribution in [2.45, 2.75) is 26.4 Å². The highest BCUT2D eigenvalue weighted by Crippen LogP contribution is 2.37. The zero-order valence-corrected chi connectivity index (χ0v) is 21.1. The number of hydrogen-bond donors (Lipinski definition) is 3. The normalized spacial score (nSPS) is 11.6. The summed E-state index contributed by atoms with van der Waals surface area (Å²) in [6, 6.07) is 16.6. The van der Waals surface area contributed by atoms with Gasteiger partial charge in [0, 0.05) is 6.54 Å². The summed E-state index contributed by atoms with van der Waals surface area (Å²) < 4.78 is 42.2. The molecule has 0 aliphatic heterocycles. The number of halogens is 2. The molecule has 1 unspecified atom stereocenters. The van der Waals surface area contributed by atoms with Gasteiger partial charge in [0.25, 0.3) is 11.8 Å². The van der Waals surface area contributed by atoms with Gasteiger partial charge in [-0.05, 0) is 66.4 Å². The van der Waals surface area contributed by atoms with Crippen LogP contribution in [0.2, 0.25) is 0 Å². The van der Waals surface area contributed by atoms with E-state index < -0.39 is 46.8 Å². The van der Waals surface area contributed by atoms with Crippen molar-refractivity contribution < 1.29 is 33.0 Å². The molecule has 0 aliphatic carbocycles. The minimum absolute atomic E-state index is 0.152. The molecule has 0 fully saturated rings. The molecule has 200 valence electrons. The number of nitrogens with two attached hydrogens (primary N) is 2. The molecule has 4 rings (SSSR count). The third-order valence-electron chi connectivity index (χ3n) is 5.92. The molecule has 0 amide bonds. The monoisotopic (exact) mass is 533 g/mol. The Morgan fingerprint density at radius 3 is 2.23 bits per heavy atom. The number of aryl methyl sites for hydroxylation is 1. The second kappa shape index (κ2) is 11.4. The molecular weight excluding hydrogens is 508 g/mol. The first-order chi connectivity index (χ1) is 18.6. The molecule has 0 bridgehead atoms. The zero-order valence-electron chi connectivity index (χ0n) is 21.1. The Balaban J connectivity index is 1.81. The van der Waals surface area contributed by atoms with Crippen LogP contribution in [0.15, 0.2) is 66.7 Å². The molecule has 8 nitrogen and oxygen atoms in total. The average Bonchev–Trinajstić information content (AvgIpc) is 2.91. The van der Waals surface area contributed by atoms with Crippen LogP contribution in [0.25, 0.3) is 11.1 Å². The molecule has 5 N–H and O–H groups in total. The van der Waals surface area contributed by atoms with Gasteiger partial charge in [0.1, 0.15) is 17.1 Å². The Bertz CT molecular complexity index is 1580. The predicted molar refractivity (Wildman–Crippen MR) is 140 cm³/mol. The largest absolute Gasteiger partial charge is 0.478 e. The third kappa shape index (κ3) is 5.92. The fourth-order valence-electron chi connectivity index (χ4n) is 3.85. The highest BCUT2D eigenvalue weighted by Gasteiger charge is 2.30. The third-order valence-corrected chi connectivity index (χ3v) is 5.92. The highest BCUT2D eigenvalue weighted by molar-refractivity contribution is 5.91. The molecule has 1 atom stereocenters. The summed E-state index contributed by atoms with van der Waals surface area (Å²) in [6.45, 7) is 3.10. The van der Waals surface area contributed by atoms with Crippen molar-refractivity contribution in [3.05, 3.63) is 101 Å². The first kappa shape index (κ1) is 27.4. The molecule has 0 saturated carbocycles. The number of hydrogen-bond acceptors (Lipinski definition) is 7. The van der Waals surface area contributed by atoms with E-state index in [1.807, 2.05) is 30.3 Å². The number of carbonyl (C=O) groups excluding carboxylic acids is 1. The number of Topliss-reactive ketones (excluding diaryl/α,β-unsaturated/α-hetero) is 1. The Hall–Kier alpha value is -4.67. The number of carbonyl (C=O) groups is 2. The number of aromatic nitrogens is 1. The maximum absolute atomic E-state index is 15.5. The van der Waals surface area contributed by atoms with E-state index in [1.54, 1.807) is 19.1 Å². The van der Waals surface area contributed by atoms with Crippen LogP contribution in [0, 0.1) is 18.6 Å². The molecular formula is C29H25F2N3O5. The maximum atomic E-state index is 15.5. The Labute approximate surface area is 222 Å². The van der Waals surface area contributed by atoms with Crippen molar-refractivity contribution in [2.75, 3.05) is 0 Å². The minimum atomic E-state index is -1.69. The molecule has 10 heteroatoms. The molecule has 39 heavy (non-hydrogen) atoms. The molecule has 0 saturated heterocycles. The van der Waals surface area contributed by atoms with E-state index >= 15 is 8.78 Å². The van der Waals surface area contributed by atoms with Gasteiger partial charge in [-0.3, -0.25) is 4.79 Å². The lowest BCUT2D eigenvalue weighted by Crippen LogP contribution is -2.22. The number of ketones is 1. The van der Waals surface area contributed by atoms with Gasteiger partial charge in [-0.15, -0.1) is 0 Å². The molecule has 0 aliphatic rings. The van der Waals surface area contributed by atoms with Gasteiger partial charge in [0.05, 0.1) is 11.6 Å². The molecule has 3 aromatic carbocycles. The van der Waals surface area contributed by atoms with E-state index in [4.69, 9.17) is 20.9 Å². The summed E-state index contributed by atoms with van der Waals surface area (Å²) in [5, 5.41) is 9.52. The van der Waals surface area contributed by atoms with E-state index in [9.17, 15) is 14.7 Å². The van der Waals surface area contributed by atoms with Gasteiger partial charge in [-0.25, -0.2) is 13.6 Å². The number of carboxylic acid groups (broad SMARTS) is 1. The fraction of sp³-hybridized carbons (Fsp3) is 0.138. The van der Waals surface area contributed by atoms with E-state index in [2.05, 4.69) is 4.98 Å². The summed E-state index contributed by atoms with van der Waals surface area (Å²) in [5.74, 6) is -6.31. The lowest BCUT2D eigenvalue weighted by molar-refractivity contribution is -0.118. The predicted octanol–water partition coefficient (Wildman–Crippen LogP) is 5.67. The maximum Gasteiger partial charge on any atom is 0.339 e. The van der Waals surface area contributed by atoms with E-state index in [0.717, 1.165) is 23.6 Å². The van der Waals surface area contributed by atoms with Gasteiger partial charge in [0.2, 0.25) is 0 Å². The summed E-state index contributed by atoms with van der Waals surface area (Å²) >= 11 is 0. The van der Waals surface area contributed by atoms with Crippen molar-refractivity contribution in [2.24, 2.45) is 11.5 Å². The first-order valence-corrected chi connectivity index (χ1v) is 11.8. The summed E-state index contributed by atoms with van der Waals surface area (Å²) in [7, 11) is 0. The van der Waals surface area contributed by atoms with Crippen LogP contribution in [0.3, 0.4) is 0 Å². The van der Waals surface area contributed by atoms with Crippen molar-refractivity contribution >= 4 is 11.8 Å². The minimum Gasteiger partial charge on any atom is -0.478 e. The Morgan fingerprint density at radius 2 is 1.59 bits per heavy atom. The van der Waals surface area contributed by atoms with Gasteiger partial charge < -0.3 is 26.0 Å². The number of nitrogens with zero attached hydrogens (tertiary/aromatic N) is 1. The number of benzene rings is 3. The number of carboxylic acids is 1. The van der Waals surface area contributed by atoms with Crippen molar-refractivity contribution in [3.8, 4) is 34.4 Å². The number of ether oxygens (including phenoxy) is 2. The SMILES string of the molecule is CC(=O)C(N)c1c(F)c(Oc2cccc(-c3cccc(CN)c3)c2)nc(Oc2cc(C)ccc2C(=O)O)c1F. The quantitative estimate of drug-likeness (QED) is 0.250. The summed E-state index contributed by atoms with van der Waals surface area (Å²) in [5.41, 5.74) is 13.5. The number of pyridine rings is 1. The summed E-state index contributed by atoms with van der Waals surface area (Å²) in [4.78, 5) is 27.5. The van der Waals surface area contributed by atoms with Gasteiger partial charge in [-0.1, -0.05) is 36.4 Å². The molecule has 1 aromatic heterocycles. The van der Waals surface area contributed by atoms with Crippen molar-refractivity contribution in [3.63, 3.8) is 0 Å².